The van der Waals surface area contributed by atoms with Gasteiger partial charge in [0.25, 0.3) is 0 Å². The minimum atomic E-state index is 0.324. The van der Waals surface area contributed by atoms with Crippen molar-refractivity contribution in [3.63, 3.8) is 0 Å². The Morgan fingerprint density at radius 3 is 2.58 bits per heavy atom. The highest BCUT2D eigenvalue weighted by atomic mass is 15.3. The fourth-order valence-electron chi connectivity index (χ4n) is 2.14. The maximum atomic E-state index is 4.46. The number of aryl methyl sites for hydroxylation is 2. The van der Waals surface area contributed by atoms with Crippen LogP contribution in [0.4, 0.5) is 0 Å². The molecule has 0 aromatic carbocycles. The third-order valence-corrected chi connectivity index (χ3v) is 3.32. The summed E-state index contributed by atoms with van der Waals surface area (Å²) in [6, 6.07) is 0.324. The fourth-order valence-corrected chi connectivity index (χ4v) is 2.14. The molecule has 0 amide bonds. The molecule has 0 saturated carbocycles. The second-order valence-electron chi connectivity index (χ2n) is 5.02. The molecule has 1 rings (SSSR count). The van der Waals surface area contributed by atoms with E-state index in [0.717, 1.165) is 31.0 Å². The molecule has 1 aromatic rings. The Morgan fingerprint density at radius 2 is 2.11 bits per heavy atom. The number of rotatable bonds is 5. The van der Waals surface area contributed by atoms with Gasteiger partial charge in [-0.15, -0.1) is 0 Å². The maximum Gasteiger partial charge on any atom is 0.191 e. The zero-order valence-electron chi connectivity index (χ0n) is 13.0. The van der Waals surface area contributed by atoms with Crippen LogP contribution >= 0.6 is 0 Å². The number of hydrogen-bond donors (Lipinski definition) is 2. The normalized spacial score (nSPS) is 13.5. The highest BCUT2D eigenvalue weighted by Crippen LogP contribution is 2.13. The molecule has 0 spiro atoms. The van der Waals surface area contributed by atoms with E-state index in [4.69, 9.17) is 0 Å². The molecule has 5 nitrogen and oxygen atoms in total. The van der Waals surface area contributed by atoms with Gasteiger partial charge >= 0.3 is 0 Å². The lowest BCUT2D eigenvalue weighted by Gasteiger charge is -2.18. The Labute approximate surface area is 116 Å². The SMILES string of the molecule is CCCNC(=NC)NC(C)Cc1c(C)nn(C)c1C. The van der Waals surface area contributed by atoms with Crippen molar-refractivity contribution in [1.82, 2.24) is 20.4 Å². The first-order valence-corrected chi connectivity index (χ1v) is 6.95. The lowest BCUT2D eigenvalue weighted by molar-refractivity contribution is 0.634. The Morgan fingerprint density at radius 1 is 1.42 bits per heavy atom. The van der Waals surface area contributed by atoms with Gasteiger partial charge in [0.15, 0.2) is 5.96 Å². The van der Waals surface area contributed by atoms with Crippen molar-refractivity contribution in [3.05, 3.63) is 17.0 Å². The number of aromatic nitrogens is 2. The molecular weight excluding hydrogens is 238 g/mol. The number of nitrogens with zero attached hydrogens (tertiary/aromatic N) is 3. The zero-order valence-corrected chi connectivity index (χ0v) is 13.0. The Bertz CT molecular complexity index is 433. The molecule has 19 heavy (non-hydrogen) atoms. The van der Waals surface area contributed by atoms with Crippen LogP contribution in [0, 0.1) is 13.8 Å². The summed E-state index contributed by atoms with van der Waals surface area (Å²) in [5, 5.41) is 11.2. The molecule has 0 aliphatic heterocycles. The second kappa shape index (κ2) is 7.16. The number of guanidine groups is 1. The molecule has 0 saturated heterocycles. The van der Waals surface area contributed by atoms with E-state index in [1.54, 1.807) is 7.05 Å². The van der Waals surface area contributed by atoms with Crippen LogP contribution in [0.1, 0.15) is 37.2 Å². The molecule has 0 aliphatic rings. The maximum absolute atomic E-state index is 4.46. The molecule has 2 N–H and O–H groups in total. The quantitative estimate of drug-likeness (QED) is 0.627. The van der Waals surface area contributed by atoms with Crippen LogP contribution in [0.3, 0.4) is 0 Å². The van der Waals surface area contributed by atoms with Gasteiger partial charge in [0.2, 0.25) is 0 Å². The molecule has 0 radical (unpaired) electrons. The third-order valence-electron chi connectivity index (χ3n) is 3.32. The van der Waals surface area contributed by atoms with Gasteiger partial charge < -0.3 is 10.6 Å². The van der Waals surface area contributed by atoms with Crippen LogP contribution in [-0.2, 0) is 13.5 Å². The summed E-state index contributed by atoms with van der Waals surface area (Å²) in [6.45, 7) is 9.44. The largest absolute Gasteiger partial charge is 0.356 e. The molecule has 1 unspecified atom stereocenters. The van der Waals surface area contributed by atoms with Gasteiger partial charge in [0, 0.05) is 32.4 Å². The van der Waals surface area contributed by atoms with Gasteiger partial charge in [-0.2, -0.15) is 5.10 Å². The van der Waals surface area contributed by atoms with Crippen molar-refractivity contribution in [3.8, 4) is 0 Å². The first-order chi connectivity index (χ1) is 8.99. The van der Waals surface area contributed by atoms with Gasteiger partial charge in [-0.1, -0.05) is 6.92 Å². The van der Waals surface area contributed by atoms with E-state index in [9.17, 15) is 0 Å². The van der Waals surface area contributed by atoms with Crippen molar-refractivity contribution in [2.75, 3.05) is 13.6 Å². The zero-order chi connectivity index (χ0) is 14.4. The first kappa shape index (κ1) is 15.5. The van der Waals surface area contributed by atoms with Crippen molar-refractivity contribution in [2.24, 2.45) is 12.0 Å². The second-order valence-corrected chi connectivity index (χ2v) is 5.02. The lowest BCUT2D eigenvalue weighted by atomic mass is 10.1. The Balaban J connectivity index is 2.61. The van der Waals surface area contributed by atoms with E-state index >= 15 is 0 Å². The smallest absolute Gasteiger partial charge is 0.191 e. The first-order valence-electron chi connectivity index (χ1n) is 6.95. The number of hydrogen-bond acceptors (Lipinski definition) is 2. The average molecular weight is 265 g/mol. The molecule has 0 aliphatic carbocycles. The van der Waals surface area contributed by atoms with Crippen molar-refractivity contribution in [1.29, 1.82) is 0 Å². The summed E-state index contributed by atoms with van der Waals surface area (Å²) in [6.07, 6.45) is 2.05. The fraction of sp³-hybridized carbons (Fsp3) is 0.714. The predicted molar refractivity (Wildman–Crippen MR) is 80.6 cm³/mol. The standard InChI is InChI=1S/C14H27N5/c1-7-8-16-14(15-5)17-10(2)9-13-11(3)18-19(6)12(13)4/h10H,7-9H2,1-6H3,(H2,15,16,17). The van der Waals surface area contributed by atoms with E-state index in [2.05, 4.69) is 48.4 Å². The van der Waals surface area contributed by atoms with Gasteiger partial charge in [0.1, 0.15) is 0 Å². The summed E-state index contributed by atoms with van der Waals surface area (Å²) in [4.78, 5) is 4.23. The van der Waals surface area contributed by atoms with Crippen LogP contribution < -0.4 is 10.6 Å². The third kappa shape index (κ3) is 4.26. The Hall–Kier alpha value is -1.52. The molecule has 5 heteroatoms. The van der Waals surface area contributed by atoms with E-state index in [0.29, 0.717) is 6.04 Å². The van der Waals surface area contributed by atoms with E-state index in [-0.39, 0.29) is 0 Å². The molecular formula is C14H27N5. The number of nitrogens with one attached hydrogen (secondary N) is 2. The van der Waals surface area contributed by atoms with Crippen molar-refractivity contribution in [2.45, 2.75) is 46.6 Å². The van der Waals surface area contributed by atoms with Gasteiger partial charge in [-0.25, -0.2) is 0 Å². The van der Waals surface area contributed by atoms with Gasteiger partial charge in [0.05, 0.1) is 5.69 Å². The monoisotopic (exact) mass is 265 g/mol. The predicted octanol–water partition coefficient (Wildman–Crippen LogP) is 1.54. The summed E-state index contributed by atoms with van der Waals surface area (Å²) < 4.78 is 1.95. The minimum absolute atomic E-state index is 0.324. The van der Waals surface area contributed by atoms with Crippen LogP contribution in [0.25, 0.3) is 0 Å². The molecule has 1 aromatic heterocycles. The molecule has 1 heterocycles. The molecule has 1 atom stereocenters. The summed E-state index contributed by atoms with van der Waals surface area (Å²) in [5.74, 6) is 0.869. The summed E-state index contributed by atoms with van der Waals surface area (Å²) in [7, 11) is 3.80. The summed E-state index contributed by atoms with van der Waals surface area (Å²) in [5.41, 5.74) is 3.68. The molecule has 108 valence electrons. The van der Waals surface area contributed by atoms with E-state index in [1.165, 1.54) is 11.3 Å². The van der Waals surface area contributed by atoms with Crippen LogP contribution in [0.2, 0.25) is 0 Å². The van der Waals surface area contributed by atoms with Gasteiger partial charge in [-0.3, -0.25) is 9.67 Å². The average Bonchev–Trinajstić information content (AvgIpc) is 2.61. The van der Waals surface area contributed by atoms with Crippen LogP contribution in [0.5, 0.6) is 0 Å². The van der Waals surface area contributed by atoms with Crippen LogP contribution in [0.15, 0.2) is 4.99 Å². The van der Waals surface area contributed by atoms with Gasteiger partial charge in [-0.05, 0) is 39.2 Å². The highest BCUT2D eigenvalue weighted by Gasteiger charge is 2.13. The topological polar surface area (TPSA) is 54.2 Å². The highest BCUT2D eigenvalue weighted by molar-refractivity contribution is 5.79. The lowest BCUT2D eigenvalue weighted by Crippen LogP contribution is -2.43. The number of aliphatic imine (C=N–C) groups is 1. The molecule has 0 bridgehead atoms. The van der Waals surface area contributed by atoms with E-state index in [1.807, 2.05) is 11.7 Å². The minimum Gasteiger partial charge on any atom is -0.356 e. The Kier molecular flexibility index (Phi) is 5.86. The van der Waals surface area contributed by atoms with E-state index < -0.39 is 0 Å². The summed E-state index contributed by atoms with van der Waals surface area (Å²) >= 11 is 0. The van der Waals surface area contributed by atoms with Crippen molar-refractivity contribution < 1.29 is 0 Å². The van der Waals surface area contributed by atoms with Crippen LogP contribution in [-0.4, -0.2) is 35.4 Å². The van der Waals surface area contributed by atoms with Crippen molar-refractivity contribution >= 4 is 5.96 Å². The molecule has 0 fully saturated rings.